The number of benzene rings is 1. The van der Waals surface area contributed by atoms with Gasteiger partial charge in [0.2, 0.25) is 0 Å². The molecule has 1 aromatic carbocycles. The van der Waals surface area contributed by atoms with E-state index < -0.39 is 15.4 Å². The summed E-state index contributed by atoms with van der Waals surface area (Å²) in [6.07, 6.45) is 1.07. The van der Waals surface area contributed by atoms with E-state index in [1.54, 1.807) is 30.3 Å². The van der Waals surface area contributed by atoms with Gasteiger partial charge in [-0.3, -0.25) is 0 Å². The minimum atomic E-state index is -4.23. The second kappa shape index (κ2) is 6.66. The van der Waals surface area contributed by atoms with Gasteiger partial charge in [-0.25, -0.2) is 8.42 Å². The van der Waals surface area contributed by atoms with Crippen molar-refractivity contribution in [1.29, 1.82) is 0 Å². The SMILES string of the molecule is CCCC(c1ccccc1)S(=O)(=O)[O-].[Na+]. The molecule has 0 aromatic heterocycles. The average molecular weight is 236 g/mol. The molecule has 0 radical (unpaired) electrons. The van der Waals surface area contributed by atoms with E-state index in [1.807, 2.05) is 6.92 Å². The Hall–Kier alpha value is 0.130. The van der Waals surface area contributed by atoms with Gasteiger partial charge in [0.1, 0.15) is 10.1 Å². The zero-order valence-electron chi connectivity index (χ0n) is 9.01. The Morgan fingerprint density at radius 2 is 1.80 bits per heavy atom. The van der Waals surface area contributed by atoms with Crippen LogP contribution >= 0.6 is 0 Å². The predicted octanol–water partition coefficient (Wildman–Crippen LogP) is -0.923. The molecule has 3 nitrogen and oxygen atoms in total. The summed E-state index contributed by atoms with van der Waals surface area (Å²) in [6.45, 7) is 1.86. The van der Waals surface area contributed by atoms with Crippen LogP contribution in [0.4, 0.5) is 0 Å². The molecule has 0 fully saturated rings. The third-order valence-electron chi connectivity index (χ3n) is 2.07. The normalized spacial score (nSPS) is 12.9. The number of hydrogen-bond acceptors (Lipinski definition) is 3. The van der Waals surface area contributed by atoms with E-state index >= 15 is 0 Å². The first-order valence-corrected chi connectivity index (χ1v) is 6.02. The summed E-state index contributed by atoms with van der Waals surface area (Å²) < 4.78 is 32.9. The van der Waals surface area contributed by atoms with Crippen molar-refractivity contribution in [3.63, 3.8) is 0 Å². The minimum absolute atomic E-state index is 0. The van der Waals surface area contributed by atoms with Crippen molar-refractivity contribution in [1.82, 2.24) is 0 Å². The van der Waals surface area contributed by atoms with Crippen LogP contribution in [0.15, 0.2) is 30.3 Å². The Balaban J connectivity index is 0.00000196. The van der Waals surface area contributed by atoms with Gasteiger partial charge in [-0.1, -0.05) is 43.7 Å². The van der Waals surface area contributed by atoms with Crippen molar-refractivity contribution in [3.8, 4) is 0 Å². The first-order chi connectivity index (χ1) is 6.55. The van der Waals surface area contributed by atoms with Gasteiger partial charge < -0.3 is 4.55 Å². The van der Waals surface area contributed by atoms with Crippen molar-refractivity contribution in [2.24, 2.45) is 0 Å². The van der Waals surface area contributed by atoms with Crippen LogP contribution in [0.25, 0.3) is 0 Å². The predicted molar refractivity (Wildman–Crippen MR) is 53.8 cm³/mol. The molecule has 0 aliphatic rings. The fraction of sp³-hybridized carbons (Fsp3) is 0.400. The van der Waals surface area contributed by atoms with E-state index in [9.17, 15) is 13.0 Å². The third-order valence-corrected chi connectivity index (χ3v) is 3.28. The van der Waals surface area contributed by atoms with Crippen LogP contribution in [-0.2, 0) is 10.1 Å². The maximum Gasteiger partial charge on any atom is 1.00 e. The summed E-state index contributed by atoms with van der Waals surface area (Å²) >= 11 is 0. The Labute approximate surface area is 113 Å². The molecule has 0 N–H and O–H groups in total. The molecule has 1 atom stereocenters. The van der Waals surface area contributed by atoms with Crippen molar-refractivity contribution in [2.75, 3.05) is 0 Å². The van der Waals surface area contributed by atoms with Gasteiger partial charge in [0, 0.05) is 0 Å². The first-order valence-electron chi connectivity index (χ1n) is 4.55. The van der Waals surface area contributed by atoms with Crippen LogP contribution in [0.5, 0.6) is 0 Å². The molecule has 15 heavy (non-hydrogen) atoms. The number of hydrogen-bond donors (Lipinski definition) is 0. The second-order valence-corrected chi connectivity index (χ2v) is 4.74. The van der Waals surface area contributed by atoms with Gasteiger partial charge in [0.25, 0.3) is 0 Å². The van der Waals surface area contributed by atoms with E-state index in [0.717, 1.165) is 0 Å². The van der Waals surface area contributed by atoms with Crippen LogP contribution < -0.4 is 29.6 Å². The molecule has 1 aromatic rings. The Bertz CT molecular complexity index is 375. The van der Waals surface area contributed by atoms with Gasteiger partial charge in [0.15, 0.2) is 0 Å². The average Bonchev–Trinajstić information content (AvgIpc) is 2.14. The molecule has 0 aliphatic carbocycles. The van der Waals surface area contributed by atoms with E-state index in [-0.39, 0.29) is 29.6 Å². The van der Waals surface area contributed by atoms with Gasteiger partial charge in [0.05, 0.1) is 5.25 Å². The molecule has 0 amide bonds. The van der Waals surface area contributed by atoms with Crippen molar-refractivity contribution in [2.45, 2.75) is 25.0 Å². The fourth-order valence-electron chi connectivity index (χ4n) is 1.41. The van der Waals surface area contributed by atoms with Crippen molar-refractivity contribution in [3.05, 3.63) is 35.9 Å². The molecule has 0 aliphatic heterocycles. The maximum absolute atomic E-state index is 11.0. The van der Waals surface area contributed by atoms with E-state index in [0.29, 0.717) is 18.4 Å². The summed E-state index contributed by atoms with van der Waals surface area (Å²) in [5.41, 5.74) is 0.587. The molecule has 0 heterocycles. The van der Waals surface area contributed by atoms with Gasteiger partial charge in [-0.05, 0) is 12.0 Å². The Morgan fingerprint density at radius 3 is 2.20 bits per heavy atom. The zero-order chi connectivity index (χ0) is 10.6. The molecule has 78 valence electrons. The van der Waals surface area contributed by atoms with Crippen molar-refractivity contribution >= 4 is 10.1 Å². The number of rotatable bonds is 4. The van der Waals surface area contributed by atoms with Crippen molar-refractivity contribution < 1.29 is 42.5 Å². The standard InChI is InChI=1S/C10H14O3S.Na/c1-2-6-10(14(11,12)13)9-7-4-3-5-8-9;/h3-5,7-8,10H,2,6H2,1H3,(H,11,12,13);/q;+1/p-1. The monoisotopic (exact) mass is 236 g/mol. The van der Waals surface area contributed by atoms with Crippen LogP contribution in [0, 0.1) is 0 Å². The van der Waals surface area contributed by atoms with Gasteiger partial charge in [-0.15, -0.1) is 0 Å². The largest absolute Gasteiger partial charge is 1.00 e. The summed E-state index contributed by atoms with van der Waals surface area (Å²) in [6, 6.07) is 8.63. The van der Waals surface area contributed by atoms with Crippen LogP contribution in [0.1, 0.15) is 30.6 Å². The van der Waals surface area contributed by atoms with Gasteiger partial charge >= 0.3 is 29.6 Å². The third kappa shape index (κ3) is 4.66. The van der Waals surface area contributed by atoms with Crippen LogP contribution in [0.2, 0.25) is 0 Å². The fourth-order valence-corrected chi connectivity index (χ4v) is 2.42. The smallest absolute Gasteiger partial charge is 0.747 e. The molecule has 5 heteroatoms. The summed E-state index contributed by atoms with van der Waals surface area (Å²) in [5.74, 6) is 0. The topological polar surface area (TPSA) is 57.2 Å². The molecule has 1 rings (SSSR count). The Morgan fingerprint density at radius 1 is 1.27 bits per heavy atom. The molecular weight excluding hydrogens is 223 g/mol. The first kappa shape index (κ1) is 15.1. The molecule has 0 bridgehead atoms. The van der Waals surface area contributed by atoms with E-state index in [4.69, 9.17) is 0 Å². The maximum atomic E-state index is 11.0. The second-order valence-electron chi connectivity index (χ2n) is 3.18. The summed E-state index contributed by atoms with van der Waals surface area (Å²) in [5, 5.41) is -0.895. The van der Waals surface area contributed by atoms with Gasteiger partial charge in [-0.2, -0.15) is 0 Å². The van der Waals surface area contributed by atoms with E-state index in [2.05, 4.69) is 0 Å². The minimum Gasteiger partial charge on any atom is -0.747 e. The zero-order valence-corrected chi connectivity index (χ0v) is 11.8. The van der Waals surface area contributed by atoms with Crippen LogP contribution in [0.3, 0.4) is 0 Å². The molecule has 0 saturated carbocycles. The Kier molecular flexibility index (Phi) is 6.71. The quantitative estimate of drug-likeness (QED) is 0.501. The summed E-state index contributed by atoms with van der Waals surface area (Å²) in [4.78, 5) is 0. The molecule has 0 spiro atoms. The molecule has 0 saturated heterocycles. The molecule has 1 unspecified atom stereocenters. The van der Waals surface area contributed by atoms with Crippen LogP contribution in [-0.4, -0.2) is 13.0 Å². The van der Waals surface area contributed by atoms with E-state index in [1.165, 1.54) is 0 Å². The molecular formula is C10H13NaO3S. The summed E-state index contributed by atoms with van der Waals surface area (Å²) in [7, 11) is -4.23.